The van der Waals surface area contributed by atoms with Gasteiger partial charge in [-0.1, -0.05) is 31.2 Å². The monoisotopic (exact) mass is 304 g/mol. The van der Waals surface area contributed by atoms with Crippen LogP contribution in [-0.2, 0) is 17.6 Å². The largest absolute Gasteiger partial charge is 0.481 e. The Hall–Kier alpha value is -1.72. The Kier molecular flexibility index (Phi) is 5.09. The normalized spacial score (nSPS) is 12.6. The van der Waals surface area contributed by atoms with Gasteiger partial charge in [0, 0.05) is 5.38 Å². The molecule has 0 spiro atoms. The minimum Gasteiger partial charge on any atom is -0.481 e. The van der Waals surface area contributed by atoms with Crippen LogP contribution in [0.4, 0.5) is 0 Å². The van der Waals surface area contributed by atoms with Gasteiger partial charge in [0.2, 0.25) is 0 Å². The van der Waals surface area contributed by atoms with Gasteiger partial charge in [-0.2, -0.15) is 0 Å². The van der Waals surface area contributed by atoms with Crippen LogP contribution in [0, 0.1) is 0 Å². The molecular formula is C16H20N2O2S. The molecule has 2 rings (SSSR count). The van der Waals surface area contributed by atoms with E-state index in [0.717, 1.165) is 11.4 Å². The Bertz CT molecular complexity index is 605. The Balaban J connectivity index is 2.29. The Morgan fingerprint density at radius 3 is 2.52 bits per heavy atom. The molecule has 112 valence electrons. The van der Waals surface area contributed by atoms with Crippen LogP contribution in [0.3, 0.4) is 0 Å². The number of hydrogen-bond acceptors (Lipinski definition) is 4. The maximum absolute atomic E-state index is 10.8. The third-order valence-electron chi connectivity index (χ3n) is 3.36. The van der Waals surface area contributed by atoms with Gasteiger partial charge in [-0.05, 0) is 31.6 Å². The lowest BCUT2D eigenvalue weighted by atomic mass is 10.0. The number of benzene rings is 1. The lowest BCUT2D eigenvalue weighted by molar-refractivity contribution is -0.136. The zero-order chi connectivity index (χ0) is 15.4. The molecule has 21 heavy (non-hydrogen) atoms. The van der Waals surface area contributed by atoms with Crippen molar-refractivity contribution in [1.29, 1.82) is 0 Å². The highest BCUT2D eigenvalue weighted by molar-refractivity contribution is 7.09. The molecule has 1 aromatic carbocycles. The highest BCUT2D eigenvalue weighted by Gasteiger charge is 2.20. The van der Waals surface area contributed by atoms with Crippen LogP contribution >= 0.6 is 11.3 Å². The van der Waals surface area contributed by atoms with E-state index >= 15 is 0 Å². The van der Waals surface area contributed by atoms with E-state index in [-0.39, 0.29) is 12.5 Å². The van der Waals surface area contributed by atoms with Crippen molar-refractivity contribution in [3.05, 3.63) is 51.5 Å². The van der Waals surface area contributed by atoms with Crippen molar-refractivity contribution in [2.75, 3.05) is 14.1 Å². The summed E-state index contributed by atoms with van der Waals surface area (Å²) in [5.41, 5.74) is 3.11. The molecule has 1 N–H and O–H groups in total. The predicted octanol–water partition coefficient (Wildman–Crippen LogP) is 2.98. The quantitative estimate of drug-likeness (QED) is 0.891. The Morgan fingerprint density at radius 2 is 2.00 bits per heavy atom. The van der Waals surface area contributed by atoms with Crippen molar-refractivity contribution in [3.63, 3.8) is 0 Å². The van der Waals surface area contributed by atoms with E-state index < -0.39 is 5.97 Å². The molecule has 0 aliphatic carbocycles. The second-order valence-electron chi connectivity index (χ2n) is 5.21. The number of aliphatic carboxylic acids is 1. The fourth-order valence-electron chi connectivity index (χ4n) is 2.28. The van der Waals surface area contributed by atoms with Crippen LogP contribution in [0.5, 0.6) is 0 Å². The number of carboxylic acid groups (broad SMARTS) is 1. The van der Waals surface area contributed by atoms with Gasteiger partial charge in [0.15, 0.2) is 0 Å². The van der Waals surface area contributed by atoms with Crippen molar-refractivity contribution in [2.45, 2.75) is 25.8 Å². The van der Waals surface area contributed by atoms with Gasteiger partial charge in [-0.15, -0.1) is 11.3 Å². The average Bonchev–Trinajstić information content (AvgIpc) is 2.86. The van der Waals surface area contributed by atoms with Gasteiger partial charge in [0.05, 0.1) is 18.2 Å². The SMILES string of the molecule is CCc1ccc([C@@H](c2nc(CC(=O)O)cs2)N(C)C)cc1. The molecule has 1 atom stereocenters. The maximum atomic E-state index is 10.8. The van der Waals surface area contributed by atoms with E-state index in [1.54, 1.807) is 0 Å². The zero-order valence-electron chi connectivity index (χ0n) is 12.5. The molecule has 0 amide bonds. The molecule has 0 aliphatic rings. The van der Waals surface area contributed by atoms with Crippen molar-refractivity contribution in [1.82, 2.24) is 9.88 Å². The highest BCUT2D eigenvalue weighted by Crippen LogP contribution is 2.29. The topological polar surface area (TPSA) is 53.4 Å². The second kappa shape index (κ2) is 6.83. The molecular weight excluding hydrogens is 284 g/mol. The third kappa shape index (κ3) is 3.89. The number of aromatic nitrogens is 1. The van der Waals surface area contributed by atoms with Crippen LogP contribution in [0.1, 0.15) is 34.8 Å². The van der Waals surface area contributed by atoms with Crippen LogP contribution in [-0.4, -0.2) is 35.1 Å². The summed E-state index contributed by atoms with van der Waals surface area (Å²) in [4.78, 5) is 17.4. The van der Waals surface area contributed by atoms with E-state index in [1.807, 2.05) is 19.5 Å². The molecule has 1 heterocycles. The number of carbonyl (C=O) groups is 1. The van der Waals surface area contributed by atoms with Crippen molar-refractivity contribution in [3.8, 4) is 0 Å². The highest BCUT2D eigenvalue weighted by atomic mass is 32.1. The molecule has 0 saturated carbocycles. The minimum absolute atomic E-state index is 0.0224. The molecule has 0 saturated heterocycles. The van der Waals surface area contributed by atoms with Gasteiger partial charge in [0.25, 0.3) is 0 Å². The third-order valence-corrected chi connectivity index (χ3v) is 4.30. The lowest BCUT2D eigenvalue weighted by Crippen LogP contribution is -2.21. The minimum atomic E-state index is -0.847. The summed E-state index contributed by atoms with van der Waals surface area (Å²) in [5, 5.41) is 11.6. The average molecular weight is 304 g/mol. The standard InChI is InChI=1S/C16H20N2O2S/c1-4-11-5-7-12(8-6-11)15(18(2)3)16-17-13(10-21-16)9-14(19)20/h5-8,10,15H,4,9H2,1-3H3,(H,19,20)/t15-/m0/s1. The van der Waals surface area contributed by atoms with Gasteiger partial charge in [-0.25, -0.2) is 4.98 Å². The summed E-state index contributed by atoms with van der Waals surface area (Å²) in [7, 11) is 4.02. The van der Waals surface area contributed by atoms with Crippen LogP contribution in [0.2, 0.25) is 0 Å². The molecule has 0 unspecified atom stereocenters. The molecule has 0 aliphatic heterocycles. The summed E-state index contributed by atoms with van der Waals surface area (Å²) in [6, 6.07) is 8.59. The van der Waals surface area contributed by atoms with Crippen molar-refractivity contribution in [2.24, 2.45) is 0 Å². The summed E-state index contributed by atoms with van der Waals surface area (Å²) in [6.07, 6.45) is 0.998. The van der Waals surface area contributed by atoms with Crippen molar-refractivity contribution >= 4 is 17.3 Å². The summed E-state index contributed by atoms with van der Waals surface area (Å²) in [5.74, 6) is -0.847. The van der Waals surface area contributed by atoms with Crippen LogP contribution < -0.4 is 0 Å². The number of nitrogens with zero attached hydrogens (tertiary/aromatic N) is 2. The number of thiazole rings is 1. The lowest BCUT2D eigenvalue weighted by Gasteiger charge is -2.23. The van der Waals surface area contributed by atoms with Gasteiger partial charge >= 0.3 is 5.97 Å². The Labute approximate surface area is 129 Å². The summed E-state index contributed by atoms with van der Waals surface area (Å²) >= 11 is 1.52. The van der Waals surface area contributed by atoms with E-state index in [4.69, 9.17) is 5.11 Å². The first-order valence-electron chi connectivity index (χ1n) is 6.92. The van der Waals surface area contributed by atoms with E-state index in [0.29, 0.717) is 5.69 Å². The molecule has 0 radical (unpaired) electrons. The molecule has 0 bridgehead atoms. The van der Waals surface area contributed by atoms with Crippen LogP contribution in [0.15, 0.2) is 29.6 Å². The molecule has 4 nitrogen and oxygen atoms in total. The van der Waals surface area contributed by atoms with Gasteiger partial charge < -0.3 is 5.11 Å². The summed E-state index contributed by atoms with van der Waals surface area (Å²) in [6.45, 7) is 2.14. The van der Waals surface area contributed by atoms with Crippen molar-refractivity contribution < 1.29 is 9.90 Å². The number of carboxylic acids is 1. The first-order chi connectivity index (χ1) is 10.0. The van der Waals surface area contributed by atoms with E-state index in [2.05, 4.69) is 41.1 Å². The first-order valence-corrected chi connectivity index (χ1v) is 7.80. The number of hydrogen-bond donors (Lipinski definition) is 1. The Morgan fingerprint density at radius 1 is 1.33 bits per heavy atom. The fraction of sp³-hybridized carbons (Fsp3) is 0.375. The second-order valence-corrected chi connectivity index (χ2v) is 6.10. The fourth-order valence-corrected chi connectivity index (χ4v) is 3.32. The van der Waals surface area contributed by atoms with Crippen LogP contribution in [0.25, 0.3) is 0 Å². The molecule has 2 aromatic rings. The van der Waals surface area contributed by atoms with Gasteiger partial charge in [-0.3, -0.25) is 9.69 Å². The molecule has 0 fully saturated rings. The number of rotatable bonds is 6. The summed E-state index contributed by atoms with van der Waals surface area (Å²) < 4.78 is 0. The zero-order valence-corrected chi connectivity index (χ0v) is 13.4. The molecule has 1 aromatic heterocycles. The van der Waals surface area contributed by atoms with E-state index in [9.17, 15) is 4.79 Å². The first kappa shape index (κ1) is 15.7. The predicted molar refractivity (Wildman–Crippen MR) is 84.8 cm³/mol. The number of aryl methyl sites for hydroxylation is 1. The van der Waals surface area contributed by atoms with Gasteiger partial charge in [0.1, 0.15) is 5.01 Å². The maximum Gasteiger partial charge on any atom is 0.309 e. The van der Waals surface area contributed by atoms with E-state index in [1.165, 1.54) is 22.5 Å². The molecule has 5 heteroatoms. The smallest absolute Gasteiger partial charge is 0.309 e.